The summed E-state index contributed by atoms with van der Waals surface area (Å²) in [4.78, 5) is 0. The maximum absolute atomic E-state index is 13.3. The number of hydrogen-bond donors (Lipinski definition) is 0. The van der Waals surface area contributed by atoms with E-state index >= 15 is 0 Å². The normalized spacial score (nSPS) is 13.8. The summed E-state index contributed by atoms with van der Waals surface area (Å²) in [5.74, 6) is -2.58. The lowest BCUT2D eigenvalue weighted by molar-refractivity contribution is 0.221. The third-order valence-electron chi connectivity index (χ3n) is 1.67. The molecule has 0 radical (unpaired) electrons. The fourth-order valence-electron chi connectivity index (χ4n) is 0.870. The van der Waals surface area contributed by atoms with Gasteiger partial charge in [0, 0.05) is 6.42 Å². The van der Waals surface area contributed by atoms with Gasteiger partial charge in [-0.15, -0.1) is 0 Å². The van der Waals surface area contributed by atoms with E-state index in [9.17, 15) is 13.2 Å². The van der Waals surface area contributed by atoms with Gasteiger partial charge in [-0.25, -0.2) is 13.2 Å². The number of halogens is 3. The van der Waals surface area contributed by atoms with Crippen LogP contribution in [0.5, 0.6) is 0 Å². The predicted octanol–water partition coefficient (Wildman–Crippen LogP) is 3.64. The summed E-state index contributed by atoms with van der Waals surface area (Å²) in [7, 11) is 0. The van der Waals surface area contributed by atoms with Crippen molar-refractivity contribution in [1.82, 2.24) is 0 Å². The lowest BCUT2D eigenvalue weighted by Crippen LogP contribution is -2.14. The van der Waals surface area contributed by atoms with Gasteiger partial charge >= 0.3 is 0 Å². The SMILES string of the molecule is CC(C)(F)/C(F)=C(C#N)\C(F)=C/CCC#N. The van der Waals surface area contributed by atoms with Gasteiger partial charge in [-0.1, -0.05) is 0 Å². The number of nitriles is 2. The number of unbranched alkanes of at least 4 members (excludes halogenated alkanes) is 1. The monoisotopic (exact) mass is 228 g/mol. The Kier molecular flexibility index (Phi) is 5.32. The summed E-state index contributed by atoms with van der Waals surface area (Å²) in [6, 6.07) is 3.03. The second kappa shape index (κ2) is 5.97. The highest BCUT2D eigenvalue weighted by molar-refractivity contribution is 5.42. The fraction of sp³-hybridized carbons (Fsp3) is 0.455. The van der Waals surface area contributed by atoms with Crippen molar-refractivity contribution in [3.8, 4) is 12.1 Å². The molecule has 0 unspecified atom stereocenters. The average molecular weight is 228 g/mol. The molecule has 0 amide bonds. The standard InChI is InChI=1S/C11H11F3N2/c1-11(2,14)10(13)8(7-16)9(12)5-3-4-6-15/h5H,3-4H2,1-2H3/b9-5+,10-8+. The van der Waals surface area contributed by atoms with Gasteiger partial charge in [0.2, 0.25) is 0 Å². The molecule has 0 N–H and O–H groups in total. The summed E-state index contributed by atoms with van der Waals surface area (Å²) in [6.45, 7) is 1.78. The molecule has 0 rings (SSSR count). The van der Waals surface area contributed by atoms with Gasteiger partial charge in [0.05, 0.1) is 6.07 Å². The Bertz CT molecular complexity index is 389. The molecule has 2 nitrogen and oxygen atoms in total. The molecular weight excluding hydrogens is 217 g/mol. The topological polar surface area (TPSA) is 47.6 Å². The minimum atomic E-state index is -2.40. The van der Waals surface area contributed by atoms with Crippen LogP contribution < -0.4 is 0 Å². The zero-order valence-corrected chi connectivity index (χ0v) is 9.02. The van der Waals surface area contributed by atoms with E-state index in [-0.39, 0.29) is 12.8 Å². The number of nitrogens with zero attached hydrogens (tertiary/aromatic N) is 2. The van der Waals surface area contributed by atoms with Gasteiger partial charge in [-0.3, -0.25) is 0 Å². The van der Waals surface area contributed by atoms with Gasteiger partial charge in [-0.2, -0.15) is 10.5 Å². The molecule has 0 heterocycles. The molecule has 0 bridgehead atoms. The van der Waals surface area contributed by atoms with E-state index in [0.717, 1.165) is 19.9 Å². The quantitative estimate of drug-likeness (QED) is 0.419. The molecule has 86 valence electrons. The molecule has 0 saturated carbocycles. The van der Waals surface area contributed by atoms with Crippen molar-refractivity contribution in [3.63, 3.8) is 0 Å². The number of allylic oxidation sites excluding steroid dienone is 4. The Morgan fingerprint density at radius 2 is 1.88 bits per heavy atom. The maximum atomic E-state index is 13.3. The van der Waals surface area contributed by atoms with E-state index in [4.69, 9.17) is 10.5 Å². The molecule has 0 atom stereocenters. The van der Waals surface area contributed by atoms with Crippen molar-refractivity contribution < 1.29 is 13.2 Å². The molecular formula is C11H11F3N2. The van der Waals surface area contributed by atoms with E-state index in [2.05, 4.69) is 0 Å². The minimum Gasteiger partial charge on any atom is -0.237 e. The summed E-state index contributed by atoms with van der Waals surface area (Å²) < 4.78 is 39.6. The van der Waals surface area contributed by atoms with E-state index in [1.807, 2.05) is 0 Å². The molecule has 0 aliphatic heterocycles. The summed E-state index contributed by atoms with van der Waals surface area (Å²) in [5, 5.41) is 16.7. The fourth-order valence-corrected chi connectivity index (χ4v) is 0.870. The first-order valence-corrected chi connectivity index (χ1v) is 4.56. The number of hydrogen-bond acceptors (Lipinski definition) is 2. The zero-order valence-electron chi connectivity index (χ0n) is 9.02. The van der Waals surface area contributed by atoms with E-state index in [1.165, 1.54) is 6.07 Å². The number of alkyl halides is 1. The van der Waals surface area contributed by atoms with Crippen LogP contribution in [0, 0.1) is 22.7 Å². The first kappa shape index (κ1) is 14.2. The first-order chi connectivity index (χ1) is 7.34. The van der Waals surface area contributed by atoms with Crippen LogP contribution in [0.25, 0.3) is 0 Å². The molecule has 0 aliphatic rings. The second-order valence-corrected chi connectivity index (χ2v) is 3.52. The highest BCUT2D eigenvalue weighted by Gasteiger charge is 2.28. The van der Waals surface area contributed by atoms with Crippen LogP contribution in [0.2, 0.25) is 0 Å². The minimum absolute atomic E-state index is 0.0484. The van der Waals surface area contributed by atoms with Crippen molar-refractivity contribution in [2.24, 2.45) is 0 Å². The van der Waals surface area contributed by atoms with Gasteiger partial charge in [0.15, 0.2) is 11.5 Å². The Morgan fingerprint density at radius 1 is 1.31 bits per heavy atom. The van der Waals surface area contributed by atoms with E-state index in [0.29, 0.717) is 0 Å². The summed E-state index contributed by atoms with van der Waals surface area (Å²) in [6.07, 6.45) is 0.993. The van der Waals surface area contributed by atoms with Crippen LogP contribution in [0.1, 0.15) is 26.7 Å². The molecule has 0 aromatic rings. The van der Waals surface area contributed by atoms with Crippen LogP contribution in [0.4, 0.5) is 13.2 Å². The first-order valence-electron chi connectivity index (χ1n) is 4.56. The van der Waals surface area contributed by atoms with Gasteiger partial charge < -0.3 is 0 Å². The lowest BCUT2D eigenvalue weighted by Gasteiger charge is -2.12. The molecule has 0 aliphatic carbocycles. The average Bonchev–Trinajstić information content (AvgIpc) is 2.17. The molecule has 0 saturated heterocycles. The Hall–Kier alpha value is -1.75. The Morgan fingerprint density at radius 3 is 2.25 bits per heavy atom. The van der Waals surface area contributed by atoms with Gasteiger partial charge in [-0.05, 0) is 26.3 Å². The molecule has 0 aromatic heterocycles. The molecule has 0 aromatic carbocycles. The van der Waals surface area contributed by atoms with E-state index < -0.39 is 22.9 Å². The van der Waals surface area contributed by atoms with Crippen LogP contribution in [0.15, 0.2) is 23.3 Å². The molecule has 0 spiro atoms. The van der Waals surface area contributed by atoms with Crippen LogP contribution in [-0.2, 0) is 0 Å². The highest BCUT2D eigenvalue weighted by Crippen LogP contribution is 2.28. The van der Waals surface area contributed by atoms with E-state index in [1.54, 1.807) is 6.07 Å². The van der Waals surface area contributed by atoms with Crippen molar-refractivity contribution >= 4 is 0 Å². The third kappa shape index (κ3) is 4.18. The smallest absolute Gasteiger partial charge is 0.158 e. The largest absolute Gasteiger partial charge is 0.237 e. The van der Waals surface area contributed by atoms with Crippen molar-refractivity contribution in [2.45, 2.75) is 32.4 Å². The van der Waals surface area contributed by atoms with Gasteiger partial charge in [0.25, 0.3) is 0 Å². The third-order valence-corrected chi connectivity index (χ3v) is 1.67. The van der Waals surface area contributed by atoms with Crippen LogP contribution >= 0.6 is 0 Å². The van der Waals surface area contributed by atoms with Crippen LogP contribution in [0.3, 0.4) is 0 Å². The Balaban J connectivity index is 5.11. The molecule has 5 heteroatoms. The highest BCUT2D eigenvalue weighted by atomic mass is 19.2. The second-order valence-electron chi connectivity index (χ2n) is 3.52. The van der Waals surface area contributed by atoms with Crippen molar-refractivity contribution in [2.75, 3.05) is 0 Å². The maximum Gasteiger partial charge on any atom is 0.158 e. The Labute approximate surface area is 92.3 Å². The zero-order chi connectivity index (χ0) is 12.8. The lowest BCUT2D eigenvalue weighted by atomic mass is 10.0. The molecule has 0 fully saturated rings. The van der Waals surface area contributed by atoms with Crippen molar-refractivity contribution in [3.05, 3.63) is 23.3 Å². The number of rotatable bonds is 4. The van der Waals surface area contributed by atoms with Crippen LogP contribution in [-0.4, -0.2) is 5.67 Å². The van der Waals surface area contributed by atoms with Gasteiger partial charge in [0.1, 0.15) is 17.5 Å². The molecule has 16 heavy (non-hydrogen) atoms. The van der Waals surface area contributed by atoms with Crippen molar-refractivity contribution in [1.29, 1.82) is 10.5 Å². The summed E-state index contributed by atoms with van der Waals surface area (Å²) >= 11 is 0. The predicted molar refractivity (Wildman–Crippen MR) is 53.0 cm³/mol. The summed E-state index contributed by atoms with van der Waals surface area (Å²) in [5.41, 5.74) is -3.35.